The summed E-state index contributed by atoms with van der Waals surface area (Å²) >= 11 is 5.99. The van der Waals surface area contributed by atoms with Gasteiger partial charge in [-0.05, 0) is 30.2 Å². The highest BCUT2D eigenvalue weighted by atomic mass is 35.5. The maximum Gasteiger partial charge on any atom is 0.0555 e. The highest BCUT2D eigenvalue weighted by Gasteiger charge is 2.34. The molecule has 0 radical (unpaired) electrons. The maximum absolute atomic E-state index is 5.99. The van der Waals surface area contributed by atoms with Crippen LogP contribution in [0.4, 0.5) is 5.69 Å². The van der Waals surface area contributed by atoms with Crippen LogP contribution < -0.4 is 5.32 Å². The molecule has 2 unspecified atom stereocenters. The molecule has 2 aliphatic heterocycles. The Morgan fingerprint density at radius 1 is 1.43 bits per heavy atom. The number of rotatable bonds is 0. The van der Waals surface area contributed by atoms with Crippen molar-refractivity contribution in [2.75, 3.05) is 18.5 Å². The molecule has 0 saturated carbocycles. The van der Waals surface area contributed by atoms with Gasteiger partial charge in [-0.3, -0.25) is 0 Å². The van der Waals surface area contributed by atoms with Gasteiger partial charge in [0, 0.05) is 29.3 Å². The number of hydrogen-bond acceptors (Lipinski definition) is 2. The van der Waals surface area contributed by atoms with Gasteiger partial charge in [-0.25, -0.2) is 0 Å². The maximum atomic E-state index is 5.99. The number of benzene rings is 1. The van der Waals surface area contributed by atoms with Gasteiger partial charge in [0.1, 0.15) is 0 Å². The predicted octanol–water partition coefficient (Wildman–Crippen LogP) is 2.64. The Balaban J connectivity index is 2.02. The Morgan fingerprint density at radius 2 is 2.36 bits per heavy atom. The molecule has 1 fully saturated rings. The topological polar surface area (TPSA) is 21.3 Å². The minimum atomic E-state index is 0.498. The van der Waals surface area contributed by atoms with Gasteiger partial charge in [0.25, 0.3) is 0 Å². The second-order valence-corrected chi connectivity index (χ2v) is 4.39. The molecule has 1 saturated heterocycles. The number of fused-ring (bicyclic) bond motifs is 3. The molecule has 1 N–H and O–H groups in total. The van der Waals surface area contributed by atoms with Crippen molar-refractivity contribution in [1.82, 2.24) is 0 Å². The second-order valence-electron chi connectivity index (χ2n) is 3.95. The van der Waals surface area contributed by atoms with Crippen LogP contribution in [-0.2, 0) is 4.74 Å². The summed E-state index contributed by atoms with van der Waals surface area (Å²) in [5.74, 6) is 0.498. The van der Waals surface area contributed by atoms with Gasteiger partial charge in [0.15, 0.2) is 0 Å². The number of anilines is 1. The van der Waals surface area contributed by atoms with Crippen molar-refractivity contribution in [2.24, 2.45) is 0 Å². The van der Waals surface area contributed by atoms with Crippen molar-refractivity contribution in [2.45, 2.75) is 18.4 Å². The van der Waals surface area contributed by atoms with Crippen LogP contribution in [0.15, 0.2) is 18.2 Å². The highest BCUT2D eigenvalue weighted by molar-refractivity contribution is 6.30. The molecule has 2 nitrogen and oxygen atoms in total. The molecule has 0 amide bonds. The van der Waals surface area contributed by atoms with E-state index in [0.29, 0.717) is 12.0 Å². The van der Waals surface area contributed by atoms with E-state index in [1.54, 1.807) is 0 Å². The van der Waals surface area contributed by atoms with E-state index in [4.69, 9.17) is 16.3 Å². The molecule has 2 atom stereocenters. The van der Waals surface area contributed by atoms with Crippen LogP contribution in [0.3, 0.4) is 0 Å². The Bertz CT molecular complexity index is 366. The third-order valence-electron chi connectivity index (χ3n) is 3.11. The first-order valence-corrected chi connectivity index (χ1v) is 5.36. The van der Waals surface area contributed by atoms with Gasteiger partial charge in [-0.2, -0.15) is 0 Å². The fourth-order valence-corrected chi connectivity index (χ4v) is 2.57. The zero-order chi connectivity index (χ0) is 9.54. The molecule has 1 aromatic carbocycles. The van der Waals surface area contributed by atoms with E-state index in [2.05, 4.69) is 17.4 Å². The first-order valence-electron chi connectivity index (χ1n) is 4.98. The van der Waals surface area contributed by atoms with Gasteiger partial charge in [0.05, 0.1) is 6.61 Å². The van der Waals surface area contributed by atoms with Gasteiger partial charge >= 0.3 is 0 Å². The fourth-order valence-electron chi connectivity index (χ4n) is 2.39. The summed E-state index contributed by atoms with van der Waals surface area (Å²) < 4.78 is 5.50. The number of nitrogens with one attached hydrogen (secondary N) is 1. The van der Waals surface area contributed by atoms with E-state index in [0.717, 1.165) is 24.7 Å². The van der Waals surface area contributed by atoms with Crippen molar-refractivity contribution in [3.63, 3.8) is 0 Å². The first-order chi connectivity index (χ1) is 6.84. The predicted molar refractivity (Wildman–Crippen MR) is 57.0 cm³/mol. The fraction of sp³-hybridized carbons (Fsp3) is 0.455. The quantitative estimate of drug-likeness (QED) is 0.710. The van der Waals surface area contributed by atoms with Crippen LogP contribution in [0.5, 0.6) is 0 Å². The zero-order valence-electron chi connectivity index (χ0n) is 7.79. The molecule has 2 heterocycles. The van der Waals surface area contributed by atoms with Crippen LogP contribution in [-0.4, -0.2) is 19.3 Å². The minimum Gasteiger partial charge on any atom is -0.381 e. The van der Waals surface area contributed by atoms with E-state index in [1.807, 2.05) is 6.07 Å². The monoisotopic (exact) mass is 209 g/mol. The molecule has 1 aromatic rings. The summed E-state index contributed by atoms with van der Waals surface area (Å²) in [6.45, 7) is 1.70. The van der Waals surface area contributed by atoms with Gasteiger partial charge in [-0.1, -0.05) is 11.6 Å². The van der Waals surface area contributed by atoms with Crippen LogP contribution in [0.2, 0.25) is 5.02 Å². The average molecular weight is 210 g/mol. The minimum absolute atomic E-state index is 0.498. The summed E-state index contributed by atoms with van der Waals surface area (Å²) in [7, 11) is 0. The lowest BCUT2D eigenvalue weighted by atomic mass is 9.93. The Hall–Kier alpha value is -0.730. The lowest BCUT2D eigenvalue weighted by Gasteiger charge is -2.25. The van der Waals surface area contributed by atoms with Crippen LogP contribution in [0.25, 0.3) is 0 Å². The van der Waals surface area contributed by atoms with Crippen LogP contribution in [0, 0.1) is 0 Å². The molecule has 2 aliphatic rings. The SMILES string of the molecule is Clc1ccc2c(c1)C1COCCC1N2. The Kier molecular flexibility index (Phi) is 1.92. The summed E-state index contributed by atoms with van der Waals surface area (Å²) in [4.78, 5) is 0. The molecular formula is C11H12ClNO. The molecule has 74 valence electrons. The van der Waals surface area contributed by atoms with Crippen molar-refractivity contribution >= 4 is 17.3 Å². The Morgan fingerprint density at radius 3 is 3.29 bits per heavy atom. The zero-order valence-corrected chi connectivity index (χ0v) is 8.55. The Labute approximate surface area is 88.2 Å². The average Bonchev–Trinajstić information content (AvgIpc) is 2.56. The number of ether oxygens (including phenoxy) is 1. The summed E-state index contributed by atoms with van der Waals surface area (Å²) in [5, 5.41) is 4.34. The van der Waals surface area contributed by atoms with E-state index in [1.165, 1.54) is 11.3 Å². The molecule has 0 bridgehead atoms. The standard InChI is InChI=1S/C11H12ClNO/c12-7-1-2-10-8(5-7)9-6-14-4-3-11(9)13-10/h1-2,5,9,11,13H,3-4,6H2. The van der Waals surface area contributed by atoms with E-state index < -0.39 is 0 Å². The van der Waals surface area contributed by atoms with Crippen LogP contribution in [0.1, 0.15) is 17.9 Å². The summed E-state index contributed by atoms with van der Waals surface area (Å²) in [6, 6.07) is 6.61. The lowest BCUT2D eigenvalue weighted by molar-refractivity contribution is 0.0769. The van der Waals surface area contributed by atoms with Crippen molar-refractivity contribution in [3.05, 3.63) is 28.8 Å². The molecule has 3 rings (SSSR count). The third kappa shape index (κ3) is 1.22. The first kappa shape index (κ1) is 8.57. The molecular weight excluding hydrogens is 198 g/mol. The molecule has 14 heavy (non-hydrogen) atoms. The van der Waals surface area contributed by atoms with E-state index >= 15 is 0 Å². The summed E-state index contributed by atoms with van der Waals surface area (Å²) in [6.07, 6.45) is 1.09. The molecule has 0 aliphatic carbocycles. The highest BCUT2D eigenvalue weighted by Crippen LogP contribution is 2.40. The van der Waals surface area contributed by atoms with Crippen LogP contribution >= 0.6 is 11.6 Å². The van der Waals surface area contributed by atoms with Gasteiger partial charge in [-0.15, -0.1) is 0 Å². The van der Waals surface area contributed by atoms with Gasteiger partial charge in [0.2, 0.25) is 0 Å². The summed E-state index contributed by atoms with van der Waals surface area (Å²) in [5.41, 5.74) is 2.55. The van der Waals surface area contributed by atoms with Crippen molar-refractivity contribution in [3.8, 4) is 0 Å². The largest absolute Gasteiger partial charge is 0.381 e. The van der Waals surface area contributed by atoms with Crippen molar-refractivity contribution < 1.29 is 4.74 Å². The lowest BCUT2D eigenvalue weighted by Crippen LogP contribution is -2.30. The molecule has 0 aromatic heterocycles. The number of halogens is 1. The molecule has 3 heteroatoms. The van der Waals surface area contributed by atoms with Crippen molar-refractivity contribution in [1.29, 1.82) is 0 Å². The third-order valence-corrected chi connectivity index (χ3v) is 3.35. The van der Waals surface area contributed by atoms with E-state index in [-0.39, 0.29) is 0 Å². The smallest absolute Gasteiger partial charge is 0.0555 e. The number of hydrogen-bond donors (Lipinski definition) is 1. The normalized spacial score (nSPS) is 29.2. The van der Waals surface area contributed by atoms with E-state index in [9.17, 15) is 0 Å². The second kappa shape index (κ2) is 3.14. The molecule has 0 spiro atoms. The van der Waals surface area contributed by atoms with Gasteiger partial charge < -0.3 is 10.1 Å².